The number of aliphatic imine (C=N–C) groups is 1. The molecule has 256 valence electrons. The molecule has 9 aromatic rings. The van der Waals surface area contributed by atoms with Crippen LogP contribution in [0.5, 0.6) is 0 Å². The van der Waals surface area contributed by atoms with Crippen LogP contribution in [0.3, 0.4) is 0 Å². The second-order valence-corrected chi connectivity index (χ2v) is 15.1. The average Bonchev–Trinajstić information content (AvgIpc) is 3.90. The average molecular weight is 693 g/mol. The van der Waals surface area contributed by atoms with Crippen molar-refractivity contribution in [1.82, 2.24) is 0 Å². The molecule has 3 heteroatoms. The van der Waals surface area contributed by atoms with Crippen molar-refractivity contribution in [2.45, 2.75) is 25.7 Å². The van der Waals surface area contributed by atoms with Gasteiger partial charge in [-0.25, -0.2) is 0 Å². The molecule has 2 heterocycles. The molecule has 2 aliphatic rings. The third kappa shape index (κ3) is 4.58. The lowest BCUT2D eigenvalue weighted by molar-refractivity contribution is 0.660. The zero-order chi connectivity index (χ0) is 36.0. The van der Waals surface area contributed by atoms with Crippen LogP contribution in [0.4, 0.5) is 22.7 Å². The lowest BCUT2D eigenvalue weighted by Crippen LogP contribution is -2.16. The predicted molar refractivity (Wildman–Crippen MR) is 225 cm³/mol. The van der Waals surface area contributed by atoms with E-state index in [0.717, 1.165) is 62.4 Å². The number of anilines is 3. The SMILES string of the molecule is CC1(C)c2ccccc2-c2ccc(N(c3ccc(-c4ccccc4)cc3)c3ccc(C4=Nc5ccccc5C4)c4c3oc3ccc5ccccc5c34)cc21. The topological polar surface area (TPSA) is 28.7 Å². The summed E-state index contributed by atoms with van der Waals surface area (Å²) in [6, 6.07) is 61.3. The smallest absolute Gasteiger partial charge is 0.160 e. The van der Waals surface area contributed by atoms with Crippen LogP contribution < -0.4 is 4.90 Å². The first-order chi connectivity index (χ1) is 26.5. The Kier molecular flexibility index (Phi) is 6.66. The van der Waals surface area contributed by atoms with Crippen molar-refractivity contribution in [3.05, 3.63) is 192 Å². The zero-order valence-electron chi connectivity index (χ0n) is 30.2. The first-order valence-electron chi connectivity index (χ1n) is 18.8. The fourth-order valence-electron chi connectivity index (χ4n) is 9.03. The summed E-state index contributed by atoms with van der Waals surface area (Å²) in [6.45, 7) is 4.69. The van der Waals surface area contributed by atoms with Gasteiger partial charge in [0.05, 0.1) is 17.1 Å². The summed E-state index contributed by atoms with van der Waals surface area (Å²) in [5.74, 6) is 0. The molecule has 0 unspecified atom stereocenters. The summed E-state index contributed by atoms with van der Waals surface area (Å²) in [6.07, 6.45) is 0.785. The van der Waals surface area contributed by atoms with Gasteiger partial charge in [-0.3, -0.25) is 4.99 Å². The van der Waals surface area contributed by atoms with Crippen molar-refractivity contribution in [2.24, 2.45) is 4.99 Å². The van der Waals surface area contributed by atoms with Crippen molar-refractivity contribution in [1.29, 1.82) is 0 Å². The van der Waals surface area contributed by atoms with E-state index in [-0.39, 0.29) is 5.41 Å². The molecule has 0 atom stereocenters. The predicted octanol–water partition coefficient (Wildman–Crippen LogP) is 13.9. The maximum Gasteiger partial charge on any atom is 0.160 e. The number of hydrogen-bond acceptors (Lipinski definition) is 3. The second-order valence-electron chi connectivity index (χ2n) is 15.1. The van der Waals surface area contributed by atoms with Gasteiger partial charge in [-0.1, -0.05) is 141 Å². The molecule has 0 spiro atoms. The Bertz CT molecular complexity index is 2990. The molecular formula is C51H36N2O. The Morgan fingerprint density at radius 2 is 1.26 bits per heavy atom. The van der Waals surface area contributed by atoms with E-state index in [0.29, 0.717) is 0 Å². The summed E-state index contributed by atoms with van der Waals surface area (Å²) in [7, 11) is 0. The van der Waals surface area contributed by atoms with Crippen molar-refractivity contribution in [2.75, 3.05) is 4.90 Å². The number of hydrogen-bond donors (Lipinski definition) is 0. The van der Waals surface area contributed by atoms with Gasteiger partial charge in [0, 0.05) is 39.5 Å². The number of nitrogens with zero attached hydrogens (tertiary/aromatic N) is 2. The van der Waals surface area contributed by atoms with Gasteiger partial charge in [0.2, 0.25) is 0 Å². The monoisotopic (exact) mass is 692 g/mol. The highest BCUT2D eigenvalue weighted by Gasteiger charge is 2.36. The van der Waals surface area contributed by atoms with E-state index in [1.165, 1.54) is 49.7 Å². The largest absolute Gasteiger partial charge is 0.454 e. The van der Waals surface area contributed by atoms with Crippen LogP contribution in [0.15, 0.2) is 179 Å². The Hall–Kier alpha value is -6.71. The molecule has 54 heavy (non-hydrogen) atoms. The fourth-order valence-corrected chi connectivity index (χ4v) is 9.03. The second kappa shape index (κ2) is 11.6. The maximum absolute atomic E-state index is 7.07. The van der Waals surface area contributed by atoms with E-state index in [9.17, 15) is 0 Å². The standard InChI is InChI=1S/C51H36N2O/c1-51(2)42-18-10-9-17-39(42)40-26-25-37(31-43(40)51)53(36-23-20-33(21-24-36)32-12-4-3-5-13-32)46-28-27-41(45-30-35-15-7-11-19-44(35)52-45)49-48-38-16-8-6-14-34(38)22-29-47(48)54-50(46)49/h3-29,31H,30H2,1-2H3. The highest BCUT2D eigenvalue weighted by molar-refractivity contribution is 6.28. The molecule has 1 aliphatic carbocycles. The van der Waals surface area contributed by atoms with Gasteiger partial charge in [0.15, 0.2) is 5.58 Å². The maximum atomic E-state index is 7.07. The van der Waals surface area contributed by atoms with Crippen LogP contribution in [-0.2, 0) is 11.8 Å². The Morgan fingerprint density at radius 1 is 0.556 bits per heavy atom. The van der Waals surface area contributed by atoms with Crippen LogP contribution in [0.2, 0.25) is 0 Å². The van der Waals surface area contributed by atoms with Crippen LogP contribution >= 0.6 is 0 Å². The highest BCUT2D eigenvalue weighted by Crippen LogP contribution is 2.52. The summed E-state index contributed by atoms with van der Waals surface area (Å²) in [4.78, 5) is 7.59. The minimum Gasteiger partial charge on any atom is -0.454 e. The van der Waals surface area contributed by atoms with Crippen LogP contribution in [0.25, 0.3) is 55.0 Å². The number of furan rings is 1. The van der Waals surface area contributed by atoms with Gasteiger partial charge >= 0.3 is 0 Å². The van der Waals surface area contributed by atoms with Gasteiger partial charge in [0.1, 0.15) is 5.58 Å². The summed E-state index contributed by atoms with van der Waals surface area (Å²) < 4.78 is 7.07. The Morgan fingerprint density at radius 3 is 2.13 bits per heavy atom. The van der Waals surface area contributed by atoms with E-state index in [2.05, 4.69) is 189 Å². The molecule has 1 aliphatic heterocycles. The van der Waals surface area contributed by atoms with Gasteiger partial charge in [0.25, 0.3) is 0 Å². The number of para-hydroxylation sites is 1. The van der Waals surface area contributed by atoms with E-state index in [1.54, 1.807) is 0 Å². The molecule has 8 aromatic carbocycles. The van der Waals surface area contributed by atoms with Gasteiger partial charge in [-0.05, 0) is 92.2 Å². The molecule has 0 fully saturated rings. The van der Waals surface area contributed by atoms with Gasteiger partial charge in [-0.15, -0.1) is 0 Å². The van der Waals surface area contributed by atoms with E-state index < -0.39 is 0 Å². The molecule has 1 aromatic heterocycles. The number of rotatable bonds is 5. The molecule has 0 N–H and O–H groups in total. The molecule has 3 nitrogen and oxygen atoms in total. The van der Waals surface area contributed by atoms with Crippen molar-refractivity contribution in [3.8, 4) is 22.3 Å². The van der Waals surface area contributed by atoms with Crippen molar-refractivity contribution < 1.29 is 4.42 Å². The van der Waals surface area contributed by atoms with Gasteiger partial charge < -0.3 is 9.32 Å². The minimum absolute atomic E-state index is 0.141. The summed E-state index contributed by atoms with van der Waals surface area (Å²) in [5, 5.41) is 4.60. The molecule has 0 bridgehead atoms. The van der Waals surface area contributed by atoms with Crippen molar-refractivity contribution in [3.63, 3.8) is 0 Å². The summed E-state index contributed by atoms with van der Waals surface area (Å²) in [5.41, 5.74) is 16.9. The molecule has 0 radical (unpaired) electrons. The quantitative estimate of drug-likeness (QED) is 0.180. The Balaban J connectivity index is 1.18. The lowest BCUT2D eigenvalue weighted by atomic mass is 9.82. The van der Waals surface area contributed by atoms with E-state index in [1.807, 2.05) is 0 Å². The molecule has 0 amide bonds. The van der Waals surface area contributed by atoms with Crippen molar-refractivity contribution >= 4 is 61.2 Å². The summed E-state index contributed by atoms with van der Waals surface area (Å²) >= 11 is 0. The first kappa shape index (κ1) is 30.9. The molecule has 0 saturated heterocycles. The zero-order valence-corrected chi connectivity index (χ0v) is 30.2. The molecule has 0 saturated carbocycles. The van der Waals surface area contributed by atoms with E-state index in [4.69, 9.17) is 9.41 Å². The molecule has 11 rings (SSSR count). The number of fused-ring (bicyclic) bond motifs is 9. The van der Waals surface area contributed by atoms with Crippen LogP contribution in [-0.4, -0.2) is 5.71 Å². The van der Waals surface area contributed by atoms with Crippen LogP contribution in [0.1, 0.15) is 36.1 Å². The highest BCUT2D eigenvalue weighted by atomic mass is 16.3. The minimum atomic E-state index is -0.141. The normalized spacial score (nSPS) is 13.9. The first-order valence-corrected chi connectivity index (χ1v) is 18.8. The van der Waals surface area contributed by atoms with E-state index >= 15 is 0 Å². The molecular weight excluding hydrogens is 657 g/mol. The Labute approximate surface area is 314 Å². The van der Waals surface area contributed by atoms with Gasteiger partial charge in [-0.2, -0.15) is 0 Å². The fraction of sp³-hybridized carbons (Fsp3) is 0.0784. The lowest BCUT2D eigenvalue weighted by Gasteiger charge is -2.28. The number of benzene rings is 8. The van der Waals surface area contributed by atoms with Crippen LogP contribution in [0, 0.1) is 0 Å². The third-order valence-corrected chi connectivity index (χ3v) is 11.7. The third-order valence-electron chi connectivity index (χ3n) is 11.7.